The first-order valence-corrected chi connectivity index (χ1v) is 12.4. The monoisotopic (exact) mass is 481 g/mol. The van der Waals surface area contributed by atoms with Crippen LogP contribution >= 0.6 is 0 Å². The molecule has 1 amide bonds. The molecule has 0 spiro atoms. The van der Waals surface area contributed by atoms with Gasteiger partial charge >= 0.3 is 0 Å². The van der Waals surface area contributed by atoms with E-state index in [4.69, 9.17) is 4.74 Å². The van der Waals surface area contributed by atoms with Crippen LogP contribution in [0.25, 0.3) is 0 Å². The average Bonchev–Trinajstić information content (AvgIpc) is 2.83. The standard InChI is InChI=1S/C26H31N3O4S/c1-20-10-16-24(17-11-20)34(31,32)29(4)22-12-14-23(15-13-22)33-19-26(30)27-18-25(28(2)3)21-8-6-5-7-9-21/h5-17,25H,18-19H2,1-4H3,(H,27,30)/t25-/m0/s1. The summed E-state index contributed by atoms with van der Waals surface area (Å²) in [6, 6.07) is 23.3. The second-order valence-corrected chi connectivity index (χ2v) is 10.2. The maximum Gasteiger partial charge on any atom is 0.264 e. The fourth-order valence-electron chi connectivity index (χ4n) is 3.44. The van der Waals surface area contributed by atoms with E-state index in [2.05, 4.69) is 10.2 Å². The highest BCUT2D eigenvalue weighted by Crippen LogP contribution is 2.24. The van der Waals surface area contributed by atoms with Crippen LogP contribution in [0.5, 0.6) is 5.75 Å². The van der Waals surface area contributed by atoms with Gasteiger partial charge in [0.2, 0.25) is 0 Å². The third-order valence-corrected chi connectivity index (χ3v) is 7.35. The van der Waals surface area contributed by atoms with E-state index in [0.29, 0.717) is 18.0 Å². The second kappa shape index (κ2) is 11.2. The Balaban J connectivity index is 1.55. The number of amides is 1. The van der Waals surface area contributed by atoms with Crippen molar-refractivity contribution in [3.8, 4) is 5.75 Å². The van der Waals surface area contributed by atoms with Crippen LogP contribution in [-0.2, 0) is 14.8 Å². The van der Waals surface area contributed by atoms with Crippen LogP contribution in [0.3, 0.4) is 0 Å². The minimum absolute atomic E-state index is 0.0513. The predicted octanol–water partition coefficient (Wildman–Crippen LogP) is 3.62. The highest BCUT2D eigenvalue weighted by Gasteiger charge is 2.21. The number of sulfonamides is 1. The Bertz CT molecular complexity index is 1180. The molecule has 3 aromatic rings. The van der Waals surface area contributed by atoms with E-state index in [9.17, 15) is 13.2 Å². The second-order valence-electron chi connectivity index (χ2n) is 8.26. The van der Waals surface area contributed by atoms with Crippen LogP contribution in [0, 0.1) is 6.92 Å². The topological polar surface area (TPSA) is 78.9 Å². The molecule has 0 radical (unpaired) electrons. The van der Waals surface area contributed by atoms with Gasteiger partial charge < -0.3 is 15.0 Å². The zero-order chi connectivity index (χ0) is 24.7. The van der Waals surface area contributed by atoms with Gasteiger partial charge in [0, 0.05) is 13.6 Å². The van der Waals surface area contributed by atoms with E-state index in [0.717, 1.165) is 11.1 Å². The lowest BCUT2D eigenvalue weighted by molar-refractivity contribution is -0.123. The van der Waals surface area contributed by atoms with Gasteiger partial charge in [-0.3, -0.25) is 9.10 Å². The molecular weight excluding hydrogens is 450 g/mol. The Kier molecular flexibility index (Phi) is 8.31. The van der Waals surface area contributed by atoms with Crippen LogP contribution in [0.2, 0.25) is 0 Å². The van der Waals surface area contributed by atoms with Crippen LogP contribution in [0.15, 0.2) is 83.8 Å². The molecular formula is C26H31N3O4S. The highest BCUT2D eigenvalue weighted by molar-refractivity contribution is 7.92. The number of ether oxygens (including phenoxy) is 1. The van der Waals surface area contributed by atoms with Crippen LogP contribution in [-0.4, -0.2) is 53.5 Å². The number of aryl methyl sites for hydroxylation is 1. The van der Waals surface area contributed by atoms with Gasteiger partial charge in [-0.2, -0.15) is 0 Å². The summed E-state index contributed by atoms with van der Waals surface area (Å²) in [4.78, 5) is 14.6. The Morgan fingerprint density at radius 3 is 2.12 bits per heavy atom. The molecule has 0 aliphatic rings. The minimum Gasteiger partial charge on any atom is -0.484 e. The first kappa shape index (κ1) is 25.3. The number of carbonyl (C=O) groups excluding carboxylic acids is 1. The number of rotatable bonds is 10. The van der Waals surface area contributed by atoms with Gasteiger partial charge in [-0.1, -0.05) is 48.0 Å². The number of likely N-dealkylation sites (N-methyl/N-ethyl adjacent to an activating group) is 1. The van der Waals surface area contributed by atoms with E-state index < -0.39 is 10.0 Å². The molecule has 8 heteroatoms. The molecule has 3 rings (SSSR count). The lowest BCUT2D eigenvalue weighted by Gasteiger charge is -2.25. The first-order chi connectivity index (χ1) is 16.2. The van der Waals surface area contributed by atoms with E-state index in [-0.39, 0.29) is 23.5 Å². The number of benzene rings is 3. The molecule has 0 bridgehead atoms. The summed E-state index contributed by atoms with van der Waals surface area (Å²) in [6.07, 6.45) is 0. The van der Waals surface area contributed by atoms with E-state index in [1.165, 1.54) is 11.4 Å². The largest absolute Gasteiger partial charge is 0.484 e. The van der Waals surface area contributed by atoms with Gasteiger partial charge in [0.15, 0.2) is 6.61 Å². The Hall–Kier alpha value is -3.36. The minimum atomic E-state index is -3.67. The van der Waals surface area contributed by atoms with Crippen molar-refractivity contribution in [3.05, 3.63) is 90.0 Å². The van der Waals surface area contributed by atoms with Crippen molar-refractivity contribution in [2.45, 2.75) is 17.9 Å². The normalized spacial score (nSPS) is 12.3. The molecule has 0 fully saturated rings. The smallest absolute Gasteiger partial charge is 0.264 e. The van der Waals surface area contributed by atoms with Crippen molar-refractivity contribution in [3.63, 3.8) is 0 Å². The van der Waals surface area contributed by atoms with Crippen LogP contribution < -0.4 is 14.4 Å². The number of carbonyl (C=O) groups is 1. The zero-order valence-electron chi connectivity index (χ0n) is 19.9. The van der Waals surface area contributed by atoms with E-state index in [1.54, 1.807) is 48.5 Å². The molecule has 0 saturated heterocycles. The summed E-state index contributed by atoms with van der Waals surface area (Å²) in [7, 11) is 1.78. The Labute approximate surface area is 202 Å². The van der Waals surface area contributed by atoms with Crippen molar-refractivity contribution in [2.24, 2.45) is 0 Å². The third kappa shape index (κ3) is 6.36. The Morgan fingerprint density at radius 1 is 0.912 bits per heavy atom. The molecule has 180 valence electrons. The number of anilines is 1. The van der Waals surface area contributed by atoms with Gasteiger partial charge in [0.05, 0.1) is 16.6 Å². The quantitative estimate of drug-likeness (QED) is 0.479. The molecule has 0 saturated carbocycles. The van der Waals surface area contributed by atoms with Crippen LogP contribution in [0.1, 0.15) is 17.2 Å². The predicted molar refractivity (Wildman–Crippen MR) is 135 cm³/mol. The molecule has 34 heavy (non-hydrogen) atoms. The fourth-order valence-corrected chi connectivity index (χ4v) is 4.64. The Morgan fingerprint density at radius 2 is 1.53 bits per heavy atom. The fraction of sp³-hybridized carbons (Fsp3) is 0.269. The van der Waals surface area contributed by atoms with Crippen molar-refractivity contribution in [1.82, 2.24) is 10.2 Å². The average molecular weight is 482 g/mol. The summed E-state index contributed by atoms with van der Waals surface area (Å²) in [5, 5.41) is 2.91. The van der Waals surface area contributed by atoms with Gasteiger partial charge in [0.25, 0.3) is 15.9 Å². The maximum absolute atomic E-state index is 12.9. The molecule has 0 aromatic heterocycles. The molecule has 0 heterocycles. The molecule has 7 nitrogen and oxygen atoms in total. The number of hydrogen-bond donors (Lipinski definition) is 1. The molecule has 0 aliphatic carbocycles. The van der Waals surface area contributed by atoms with Gasteiger partial charge in [0.1, 0.15) is 5.75 Å². The van der Waals surface area contributed by atoms with E-state index >= 15 is 0 Å². The van der Waals surface area contributed by atoms with Crippen molar-refractivity contribution in [2.75, 3.05) is 38.6 Å². The summed E-state index contributed by atoms with van der Waals surface area (Å²) >= 11 is 0. The highest BCUT2D eigenvalue weighted by atomic mass is 32.2. The molecule has 3 aromatic carbocycles. The SMILES string of the molecule is Cc1ccc(S(=O)(=O)N(C)c2ccc(OCC(=O)NC[C@@H](c3ccccc3)N(C)C)cc2)cc1. The van der Waals surface area contributed by atoms with Crippen LogP contribution in [0.4, 0.5) is 5.69 Å². The van der Waals surface area contributed by atoms with E-state index in [1.807, 2.05) is 51.4 Å². The van der Waals surface area contributed by atoms with Gasteiger partial charge in [-0.15, -0.1) is 0 Å². The summed E-state index contributed by atoms with van der Waals surface area (Å²) in [6.45, 7) is 2.23. The molecule has 0 unspecified atom stereocenters. The van der Waals surface area contributed by atoms with Gasteiger partial charge in [-0.05, 0) is 63.0 Å². The third-order valence-electron chi connectivity index (χ3n) is 5.55. The van der Waals surface area contributed by atoms with Crippen molar-refractivity contribution >= 4 is 21.6 Å². The summed E-state index contributed by atoms with van der Waals surface area (Å²) in [5.41, 5.74) is 2.60. The van der Waals surface area contributed by atoms with Crippen molar-refractivity contribution in [1.29, 1.82) is 0 Å². The maximum atomic E-state index is 12.9. The van der Waals surface area contributed by atoms with Crippen molar-refractivity contribution < 1.29 is 17.9 Å². The lowest BCUT2D eigenvalue weighted by atomic mass is 10.1. The zero-order valence-corrected chi connectivity index (χ0v) is 20.7. The summed E-state index contributed by atoms with van der Waals surface area (Å²) in [5.74, 6) is 0.248. The summed E-state index contributed by atoms with van der Waals surface area (Å²) < 4.78 is 32.5. The molecule has 1 N–H and O–H groups in total. The number of nitrogens with zero attached hydrogens (tertiary/aromatic N) is 2. The number of hydrogen-bond acceptors (Lipinski definition) is 5. The first-order valence-electron chi connectivity index (χ1n) is 10.9. The number of nitrogens with one attached hydrogen (secondary N) is 1. The molecule has 0 aliphatic heterocycles. The molecule has 1 atom stereocenters. The lowest BCUT2D eigenvalue weighted by Crippen LogP contribution is -2.36. The van der Waals surface area contributed by atoms with Gasteiger partial charge in [-0.25, -0.2) is 8.42 Å².